The number of hydrogen-bond acceptors (Lipinski definition) is 4. The first-order chi connectivity index (χ1) is 5.24. The Morgan fingerprint density at radius 2 is 2.36 bits per heavy atom. The van der Waals surface area contributed by atoms with Crippen LogP contribution in [0, 0.1) is 0 Å². The first-order valence-electron chi connectivity index (χ1n) is 3.78. The summed E-state index contributed by atoms with van der Waals surface area (Å²) in [5.74, 6) is 0. The van der Waals surface area contributed by atoms with E-state index in [2.05, 4.69) is 9.79 Å². The molecule has 2 unspecified atom stereocenters. The van der Waals surface area contributed by atoms with Gasteiger partial charge in [-0.3, -0.25) is 4.90 Å². The highest BCUT2D eigenvalue weighted by Crippen LogP contribution is 2.15. The van der Waals surface area contributed by atoms with Crippen LogP contribution in [0.1, 0.15) is 6.42 Å². The molecular weight excluding hydrogens is 146 g/mol. The number of nitrogens with zero attached hydrogens (tertiary/aromatic N) is 1. The molecule has 11 heavy (non-hydrogen) atoms. The van der Waals surface area contributed by atoms with Crippen molar-refractivity contribution in [1.82, 2.24) is 4.90 Å². The summed E-state index contributed by atoms with van der Waals surface area (Å²) < 4.78 is 0. The molecule has 0 radical (unpaired) electrons. The van der Waals surface area contributed by atoms with Crippen LogP contribution in [0.5, 0.6) is 0 Å². The lowest BCUT2D eigenvalue weighted by atomic mass is 10.2. The largest absolute Gasteiger partial charge is 0.392 e. The number of likely N-dealkylation sites (N-methyl/N-ethyl adjacent to an activating group) is 1. The summed E-state index contributed by atoms with van der Waals surface area (Å²) in [6, 6.07) is 0.296. The van der Waals surface area contributed by atoms with Crippen molar-refractivity contribution in [3.8, 4) is 0 Å². The molecule has 1 aliphatic heterocycles. The molecule has 1 saturated heterocycles. The molecule has 1 fully saturated rings. The van der Waals surface area contributed by atoms with E-state index >= 15 is 0 Å². The maximum Gasteiger partial charge on any atom is 0.0978 e. The van der Waals surface area contributed by atoms with Crippen LogP contribution < -0.4 is 0 Å². The summed E-state index contributed by atoms with van der Waals surface area (Å²) in [5.41, 5.74) is 0. The van der Waals surface area contributed by atoms with Crippen LogP contribution in [-0.4, -0.2) is 49.5 Å². The number of aliphatic hydroxyl groups excluding tert-OH is 1. The summed E-state index contributed by atoms with van der Waals surface area (Å²) in [5, 5.41) is 9.23. The second-order valence-corrected chi connectivity index (χ2v) is 2.93. The lowest BCUT2D eigenvalue weighted by Gasteiger charge is -2.16. The van der Waals surface area contributed by atoms with Gasteiger partial charge in [0.05, 0.1) is 19.8 Å². The molecule has 4 nitrogen and oxygen atoms in total. The van der Waals surface area contributed by atoms with E-state index in [4.69, 9.17) is 4.89 Å². The SMILES string of the molecule is COOCC1CC(O)CN1C. The topological polar surface area (TPSA) is 41.9 Å². The Balaban J connectivity index is 2.23. The Bertz CT molecular complexity index is 120. The average molecular weight is 161 g/mol. The van der Waals surface area contributed by atoms with Crippen molar-refractivity contribution in [1.29, 1.82) is 0 Å². The molecule has 1 rings (SSSR count). The summed E-state index contributed by atoms with van der Waals surface area (Å²) in [6.45, 7) is 1.27. The number of aliphatic hydroxyl groups is 1. The molecular formula is C7H15NO3. The van der Waals surface area contributed by atoms with Crippen LogP contribution in [0.25, 0.3) is 0 Å². The van der Waals surface area contributed by atoms with E-state index in [1.54, 1.807) is 0 Å². The van der Waals surface area contributed by atoms with Crippen molar-refractivity contribution in [3.05, 3.63) is 0 Å². The zero-order valence-electron chi connectivity index (χ0n) is 6.99. The molecule has 1 aliphatic rings. The van der Waals surface area contributed by atoms with Crippen molar-refractivity contribution in [2.75, 3.05) is 27.3 Å². The Labute approximate surface area is 66.6 Å². The standard InChI is InChI=1S/C7H15NO3/c1-8-4-7(9)3-6(8)5-11-10-2/h6-7,9H,3-5H2,1-2H3. The molecule has 0 amide bonds. The van der Waals surface area contributed by atoms with Gasteiger partial charge in [0.1, 0.15) is 0 Å². The van der Waals surface area contributed by atoms with Crippen LogP contribution in [-0.2, 0) is 9.78 Å². The molecule has 66 valence electrons. The van der Waals surface area contributed by atoms with Crippen LogP contribution >= 0.6 is 0 Å². The minimum atomic E-state index is -0.203. The summed E-state index contributed by atoms with van der Waals surface area (Å²) in [7, 11) is 3.46. The molecule has 2 atom stereocenters. The van der Waals surface area contributed by atoms with E-state index in [1.807, 2.05) is 7.05 Å². The van der Waals surface area contributed by atoms with Gasteiger partial charge in [0, 0.05) is 12.6 Å². The van der Waals surface area contributed by atoms with Gasteiger partial charge in [-0.15, -0.1) is 0 Å². The van der Waals surface area contributed by atoms with Gasteiger partial charge in [-0.2, -0.15) is 0 Å². The average Bonchev–Trinajstić information content (AvgIpc) is 2.26. The van der Waals surface area contributed by atoms with Crippen molar-refractivity contribution >= 4 is 0 Å². The minimum absolute atomic E-state index is 0.203. The van der Waals surface area contributed by atoms with Crippen molar-refractivity contribution < 1.29 is 14.9 Å². The predicted octanol–water partition coefficient (Wildman–Crippen LogP) is -0.371. The zero-order valence-corrected chi connectivity index (χ0v) is 6.99. The third-order valence-corrected chi connectivity index (χ3v) is 2.04. The van der Waals surface area contributed by atoms with E-state index < -0.39 is 0 Å². The quantitative estimate of drug-likeness (QED) is 0.453. The van der Waals surface area contributed by atoms with Gasteiger partial charge in [-0.05, 0) is 13.5 Å². The van der Waals surface area contributed by atoms with E-state index in [1.165, 1.54) is 7.11 Å². The summed E-state index contributed by atoms with van der Waals surface area (Å²) in [6.07, 6.45) is 0.574. The van der Waals surface area contributed by atoms with E-state index in [9.17, 15) is 5.11 Å². The van der Waals surface area contributed by atoms with Crippen molar-refractivity contribution in [2.45, 2.75) is 18.6 Å². The Hall–Kier alpha value is -0.160. The van der Waals surface area contributed by atoms with E-state index in [-0.39, 0.29) is 6.10 Å². The van der Waals surface area contributed by atoms with Gasteiger partial charge >= 0.3 is 0 Å². The van der Waals surface area contributed by atoms with Crippen molar-refractivity contribution in [2.24, 2.45) is 0 Å². The third-order valence-electron chi connectivity index (χ3n) is 2.04. The number of likely N-dealkylation sites (tertiary alicyclic amines) is 1. The highest BCUT2D eigenvalue weighted by atomic mass is 17.2. The van der Waals surface area contributed by atoms with Gasteiger partial charge in [-0.1, -0.05) is 0 Å². The molecule has 0 aliphatic carbocycles. The molecule has 0 aromatic heterocycles. The lowest BCUT2D eigenvalue weighted by molar-refractivity contribution is -0.278. The van der Waals surface area contributed by atoms with Crippen molar-refractivity contribution in [3.63, 3.8) is 0 Å². The van der Waals surface area contributed by atoms with Gasteiger partial charge < -0.3 is 5.11 Å². The molecule has 0 bridgehead atoms. The third kappa shape index (κ3) is 2.41. The Morgan fingerprint density at radius 3 is 2.82 bits per heavy atom. The van der Waals surface area contributed by atoms with E-state index in [0.717, 1.165) is 13.0 Å². The van der Waals surface area contributed by atoms with Gasteiger partial charge in [0.25, 0.3) is 0 Å². The lowest BCUT2D eigenvalue weighted by Crippen LogP contribution is -2.29. The maximum absolute atomic E-state index is 9.23. The normalized spacial score (nSPS) is 33.0. The Morgan fingerprint density at radius 1 is 1.64 bits per heavy atom. The smallest absolute Gasteiger partial charge is 0.0978 e. The molecule has 0 saturated carbocycles. The first-order valence-corrected chi connectivity index (χ1v) is 3.78. The molecule has 0 spiro atoms. The number of rotatable bonds is 3. The van der Waals surface area contributed by atoms with Crippen LogP contribution in [0.3, 0.4) is 0 Å². The predicted molar refractivity (Wildman–Crippen MR) is 40.0 cm³/mol. The first kappa shape index (κ1) is 8.93. The van der Waals surface area contributed by atoms with Crippen LogP contribution in [0.4, 0.5) is 0 Å². The summed E-state index contributed by atoms with van der Waals surface area (Å²) >= 11 is 0. The second kappa shape index (κ2) is 4.01. The number of hydrogen-bond donors (Lipinski definition) is 1. The van der Waals surface area contributed by atoms with Gasteiger partial charge in [0.15, 0.2) is 0 Å². The molecule has 4 heteroatoms. The van der Waals surface area contributed by atoms with Gasteiger partial charge in [-0.25, -0.2) is 9.78 Å². The Kier molecular flexibility index (Phi) is 3.26. The fourth-order valence-corrected chi connectivity index (χ4v) is 1.39. The highest BCUT2D eigenvalue weighted by Gasteiger charge is 2.27. The molecule has 1 heterocycles. The van der Waals surface area contributed by atoms with Gasteiger partial charge in [0.2, 0.25) is 0 Å². The molecule has 0 aromatic rings. The van der Waals surface area contributed by atoms with Crippen LogP contribution in [0.15, 0.2) is 0 Å². The molecule has 0 aromatic carbocycles. The summed E-state index contributed by atoms with van der Waals surface area (Å²) in [4.78, 5) is 11.3. The molecule has 1 N–H and O–H groups in total. The number of β-amino-alcohol motifs (C(OH)–C–C–N with tert-alkyl or cyclic N) is 1. The highest BCUT2D eigenvalue weighted by molar-refractivity contribution is 4.81. The monoisotopic (exact) mass is 161 g/mol. The minimum Gasteiger partial charge on any atom is -0.392 e. The fraction of sp³-hybridized carbons (Fsp3) is 1.00. The maximum atomic E-state index is 9.23. The van der Waals surface area contributed by atoms with Crippen LogP contribution in [0.2, 0.25) is 0 Å². The van der Waals surface area contributed by atoms with E-state index in [0.29, 0.717) is 12.6 Å². The fourth-order valence-electron chi connectivity index (χ4n) is 1.39. The second-order valence-electron chi connectivity index (χ2n) is 2.93. The zero-order chi connectivity index (χ0) is 8.27.